The summed E-state index contributed by atoms with van der Waals surface area (Å²) in [7, 11) is 0. The maximum atomic E-state index is 12.4. The molecular weight excluding hydrogens is 246 g/mol. The summed E-state index contributed by atoms with van der Waals surface area (Å²) in [6, 6.07) is 0. The van der Waals surface area contributed by atoms with E-state index in [0.717, 1.165) is 6.42 Å². The Hall–Kier alpha value is -1.69. The highest BCUT2D eigenvalue weighted by molar-refractivity contribution is 5.95. The number of carbonyl (C=O) groups is 1. The van der Waals surface area contributed by atoms with E-state index in [-0.39, 0.29) is 18.0 Å². The number of nitrogens with one attached hydrogen (secondary N) is 1. The van der Waals surface area contributed by atoms with Crippen molar-refractivity contribution in [3.05, 3.63) is 27.2 Å². The average Bonchev–Trinajstić information content (AvgIpc) is 2.33. The van der Waals surface area contributed by atoms with Crippen LogP contribution in [0.15, 0.2) is 4.79 Å². The van der Waals surface area contributed by atoms with Crippen LogP contribution in [0.2, 0.25) is 0 Å². The first-order valence-electron chi connectivity index (χ1n) is 6.39. The zero-order chi connectivity index (χ0) is 14.2. The topological polar surface area (TPSA) is 86.3 Å². The lowest BCUT2D eigenvalue weighted by atomic mass is 9.94. The summed E-state index contributed by atoms with van der Waals surface area (Å²) in [5.41, 5.74) is 0.00520. The molecule has 0 bridgehead atoms. The first-order valence-corrected chi connectivity index (χ1v) is 6.39. The molecular formula is C13H19N3O3. The average molecular weight is 265 g/mol. The van der Waals surface area contributed by atoms with Crippen LogP contribution in [0.3, 0.4) is 0 Å². The minimum absolute atomic E-state index is 0.130. The van der Waals surface area contributed by atoms with Gasteiger partial charge in [-0.2, -0.15) is 5.10 Å². The lowest BCUT2D eigenvalue weighted by Gasteiger charge is -2.36. The summed E-state index contributed by atoms with van der Waals surface area (Å²) >= 11 is 0. The van der Waals surface area contributed by atoms with Gasteiger partial charge in [-0.3, -0.25) is 9.59 Å². The number of β-amino-alcohol motifs (C(OH)–C–C–N with tert-alkyl or cyclic N) is 1. The van der Waals surface area contributed by atoms with E-state index < -0.39 is 11.2 Å². The summed E-state index contributed by atoms with van der Waals surface area (Å²) in [4.78, 5) is 25.8. The number of hydrogen-bond acceptors (Lipinski definition) is 4. The fourth-order valence-electron chi connectivity index (χ4n) is 2.43. The number of hydrogen-bond donors (Lipinski definition) is 2. The Morgan fingerprint density at radius 2 is 2.16 bits per heavy atom. The molecule has 2 rings (SSSR count). The molecule has 1 amide bonds. The van der Waals surface area contributed by atoms with Crippen molar-refractivity contribution < 1.29 is 9.90 Å². The molecule has 1 aromatic heterocycles. The molecule has 0 saturated carbocycles. The molecule has 104 valence electrons. The third-order valence-electron chi connectivity index (χ3n) is 3.65. The van der Waals surface area contributed by atoms with Crippen molar-refractivity contribution in [2.45, 2.75) is 39.2 Å². The molecule has 1 unspecified atom stereocenters. The van der Waals surface area contributed by atoms with Gasteiger partial charge in [0.2, 0.25) is 0 Å². The number of aryl methyl sites for hydroxylation is 1. The normalized spacial score (nSPS) is 23.5. The van der Waals surface area contributed by atoms with Crippen molar-refractivity contribution in [1.82, 2.24) is 15.1 Å². The van der Waals surface area contributed by atoms with Crippen molar-refractivity contribution in [2.75, 3.05) is 13.1 Å². The molecule has 1 atom stereocenters. The molecule has 19 heavy (non-hydrogen) atoms. The standard InChI is InChI=1S/C13H19N3O3/c1-8-9(2)14-15-11(17)10(8)12(18)16-6-4-5-13(3,19)7-16/h19H,4-7H2,1-3H3,(H,15,17). The smallest absolute Gasteiger partial charge is 0.277 e. The highest BCUT2D eigenvalue weighted by atomic mass is 16.3. The molecule has 1 aliphatic heterocycles. The zero-order valence-corrected chi connectivity index (χ0v) is 11.5. The van der Waals surface area contributed by atoms with Crippen LogP contribution in [0.1, 0.15) is 41.4 Å². The van der Waals surface area contributed by atoms with Gasteiger partial charge in [0.25, 0.3) is 11.5 Å². The number of aliphatic hydroxyl groups is 1. The lowest BCUT2D eigenvalue weighted by Crippen LogP contribution is -2.49. The maximum absolute atomic E-state index is 12.4. The summed E-state index contributed by atoms with van der Waals surface area (Å²) in [5.74, 6) is -0.329. The Bertz CT molecular complexity index is 563. The molecule has 0 spiro atoms. The second-order valence-corrected chi connectivity index (χ2v) is 5.47. The van der Waals surface area contributed by atoms with Crippen molar-refractivity contribution in [3.63, 3.8) is 0 Å². The van der Waals surface area contributed by atoms with E-state index in [1.165, 1.54) is 0 Å². The van der Waals surface area contributed by atoms with Gasteiger partial charge in [-0.1, -0.05) is 0 Å². The maximum Gasteiger partial charge on any atom is 0.277 e. The predicted octanol–water partition coefficient (Wildman–Crippen LogP) is 0.374. The Morgan fingerprint density at radius 3 is 2.79 bits per heavy atom. The second-order valence-electron chi connectivity index (χ2n) is 5.47. The van der Waals surface area contributed by atoms with Crippen LogP contribution in [0.25, 0.3) is 0 Å². The summed E-state index contributed by atoms with van der Waals surface area (Å²) in [5, 5.41) is 16.2. The summed E-state index contributed by atoms with van der Waals surface area (Å²) in [6.45, 7) is 5.99. The van der Waals surface area contributed by atoms with Gasteiger partial charge in [-0.15, -0.1) is 0 Å². The van der Waals surface area contributed by atoms with E-state index in [1.54, 1.807) is 25.7 Å². The quantitative estimate of drug-likeness (QED) is 0.768. The minimum atomic E-state index is -0.878. The lowest BCUT2D eigenvalue weighted by molar-refractivity contribution is -0.0108. The molecule has 2 heterocycles. The van der Waals surface area contributed by atoms with Crippen molar-refractivity contribution in [3.8, 4) is 0 Å². The van der Waals surface area contributed by atoms with Gasteiger partial charge in [0.1, 0.15) is 5.56 Å². The van der Waals surface area contributed by atoms with E-state index in [0.29, 0.717) is 24.2 Å². The van der Waals surface area contributed by atoms with Gasteiger partial charge in [0.15, 0.2) is 0 Å². The van der Waals surface area contributed by atoms with Gasteiger partial charge < -0.3 is 10.0 Å². The fraction of sp³-hybridized carbons (Fsp3) is 0.615. The number of nitrogens with zero attached hydrogens (tertiary/aromatic N) is 2. The SMILES string of the molecule is Cc1n[nH]c(=O)c(C(=O)N2CCCC(C)(O)C2)c1C. The monoisotopic (exact) mass is 265 g/mol. The van der Waals surface area contributed by atoms with Crippen LogP contribution < -0.4 is 5.56 Å². The van der Waals surface area contributed by atoms with E-state index in [4.69, 9.17) is 0 Å². The third kappa shape index (κ3) is 2.68. The molecule has 1 aromatic rings. The zero-order valence-electron chi connectivity index (χ0n) is 11.5. The van der Waals surface area contributed by atoms with Crippen LogP contribution in [-0.2, 0) is 0 Å². The molecule has 0 aromatic carbocycles. The van der Waals surface area contributed by atoms with E-state index >= 15 is 0 Å². The Balaban J connectivity index is 2.35. The number of amides is 1. The van der Waals surface area contributed by atoms with Crippen molar-refractivity contribution >= 4 is 5.91 Å². The van der Waals surface area contributed by atoms with Crippen LogP contribution in [0.5, 0.6) is 0 Å². The third-order valence-corrected chi connectivity index (χ3v) is 3.65. The number of piperidine rings is 1. The van der Waals surface area contributed by atoms with Gasteiger partial charge in [0, 0.05) is 13.1 Å². The molecule has 0 radical (unpaired) electrons. The minimum Gasteiger partial charge on any atom is -0.388 e. The fourth-order valence-corrected chi connectivity index (χ4v) is 2.43. The Morgan fingerprint density at radius 1 is 1.47 bits per heavy atom. The van der Waals surface area contributed by atoms with Crippen LogP contribution in [0, 0.1) is 13.8 Å². The molecule has 6 nitrogen and oxygen atoms in total. The molecule has 1 fully saturated rings. The van der Waals surface area contributed by atoms with Gasteiger partial charge in [-0.05, 0) is 39.2 Å². The predicted molar refractivity (Wildman–Crippen MR) is 70.1 cm³/mol. The molecule has 1 aliphatic rings. The van der Waals surface area contributed by atoms with Crippen molar-refractivity contribution in [1.29, 1.82) is 0 Å². The van der Waals surface area contributed by atoms with Gasteiger partial charge in [-0.25, -0.2) is 5.10 Å². The van der Waals surface area contributed by atoms with Crippen LogP contribution in [-0.4, -0.2) is 44.8 Å². The van der Waals surface area contributed by atoms with Gasteiger partial charge >= 0.3 is 0 Å². The number of aromatic amines is 1. The number of rotatable bonds is 1. The Labute approximate surface area is 111 Å². The first-order chi connectivity index (χ1) is 8.82. The van der Waals surface area contributed by atoms with E-state index in [1.807, 2.05) is 0 Å². The Kier molecular flexibility index (Phi) is 3.45. The van der Waals surface area contributed by atoms with Crippen LogP contribution in [0.4, 0.5) is 0 Å². The van der Waals surface area contributed by atoms with Crippen molar-refractivity contribution in [2.24, 2.45) is 0 Å². The summed E-state index contributed by atoms with van der Waals surface area (Å²) < 4.78 is 0. The van der Waals surface area contributed by atoms with E-state index in [2.05, 4.69) is 10.2 Å². The highest BCUT2D eigenvalue weighted by Crippen LogP contribution is 2.22. The highest BCUT2D eigenvalue weighted by Gasteiger charge is 2.32. The first kappa shape index (κ1) is 13.7. The molecule has 1 saturated heterocycles. The number of aromatic nitrogens is 2. The van der Waals surface area contributed by atoms with Crippen LogP contribution >= 0.6 is 0 Å². The number of carbonyl (C=O) groups excluding carboxylic acids is 1. The second kappa shape index (κ2) is 4.77. The molecule has 6 heteroatoms. The van der Waals surface area contributed by atoms with E-state index in [9.17, 15) is 14.7 Å². The molecule has 0 aliphatic carbocycles. The number of likely N-dealkylation sites (tertiary alicyclic amines) is 1. The van der Waals surface area contributed by atoms with Gasteiger partial charge in [0.05, 0.1) is 11.3 Å². The largest absolute Gasteiger partial charge is 0.388 e. The summed E-state index contributed by atoms with van der Waals surface area (Å²) in [6.07, 6.45) is 1.40. The number of H-pyrrole nitrogens is 1. The molecule has 2 N–H and O–H groups in total.